The number of hydrogen-bond acceptors (Lipinski definition) is 1. The van der Waals surface area contributed by atoms with Gasteiger partial charge in [-0.25, -0.2) is 4.98 Å². The SMILES string of the molecule is Clc1ccc(C2C=CC=CC2)cn1. The first-order valence-electron chi connectivity index (χ1n) is 4.31. The first kappa shape index (κ1) is 8.52. The Morgan fingerprint density at radius 3 is 2.85 bits per heavy atom. The van der Waals surface area contributed by atoms with E-state index < -0.39 is 0 Å². The number of halogens is 1. The lowest BCUT2D eigenvalue weighted by atomic mass is 9.94. The van der Waals surface area contributed by atoms with Crippen LogP contribution in [0.25, 0.3) is 0 Å². The fourth-order valence-electron chi connectivity index (χ4n) is 1.43. The number of allylic oxidation sites excluding steroid dienone is 4. The van der Waals surface area contributed by atoms with Gasteiger partial charge in [0, 0.05) is 12.1 Å². The van der Waals surface area contributed by atoms with E-state index in [1.807, 2.05) is 18.3 Å². The minimum absolute atomic E-state index is 0.467. The Hall–Kier alpha value is -1.08. The molecule has 0 amide bonds. The van der Waals surface area contributed by atoms with Gasteiger partial charge in [0.1, 0.15) is 5.15 Å². The normalized spacial score (nSPS) is 20.5. The highest BCUT2D eigenvalue weighted by molar-refractivity contribution is 6.29. The molecule has 0 N–H and O–H groups in total. The molecule has 1 aromatic heterocycles. The topological polar surface area (TPSA) is 12.9 Å². The molecule has 0 spiro atoms. The zero-order valence-electron chi connectivity index (χ0n) is 7.15. The summed E-state index contributed by atoms with van der Waals surface area (Å²) in [5, 5.41) is 0.555. The van der Waals surface area contributed by atoms with Gasteiger partial charge >= 0.3 is 0 Å². The molecule has 0 aliphatic heterocycles. The van der Waals surface area contributed by atoms with E-state index in [0.29, 0.717) is 11.1 Å². The van der Waals surface area contributed by atoms with Gasteiger partial charge in [0.2, 0.25) is 0 Å². The Morgan fingerprint density at radius 1 is 1.31 bits per heavy atom. The summed E-state index contributed by atoms with van der Waals surface area (Å²) in [5.41, 5.74) is 1.23. The molecule has 1 atom stereocenters. The van der Waals surface area contributed by atoms with Crippen molar-refractivity contribution in [1.29, 1.82) is 0 Å². The third-order valence-corrected chi connectivity index (χ3v) is 2.38. The van der Waals surface area contributed by atoms with Gasteiger partial charge in [-0.1, -0.05) is 42.0 Å². The summed E-state index contributed by atoms with van der Waals surface area (Å²) in [5.74, 6) is 0.467. The standard InChI is InChI=1S/C11H10ClN/c12-11-7-6-10(8-13-11)9-4-2-1-3-5-9/h1-4,6-9H,5H2. The Labute approximate surface area is 82.8 Å². The fourth-order valence-corrected chi connectivity index (χ4v) is 1.55. The Balaban J connectivity index is 2.21. The molecular weight excluding hydrogens is 182 g/mol. The van der Waals surface area contributed by atoms with E-state index in [0.717, 1.165) is 6.42 Å². The summed E-state index contributed by atoms with van der Waals surface area (Å²) in [7, 11) is 0. The third kappa shape index (κ3) is 1.99. The number of nitrogens with zero attached hydrogens (tertiary/aromatic N) is 1. The van der Waals surface area contributed by atoms with Crippen LogP contribution in [-0.2, 0) is 0 Å². The molecule has 1 unspecified atom stereocenters. The molecule has 0 radical (unpaired) electrons. The number of rotatable bonds is 1. The van der Waals surface area contributed by atoms with Crippen molar-refractivity contribution in [3.8, 4) is 0 Å². The largest absolute Gasteiger partial charge is 0.244 e. The van der Waals surface area contributed by atoms with E-state index in [2.05, 4.69) is 29.3 Å². The molecule has 1 aromatic rings. The summed E-state index contributed by atoms with van der Waals surface area (Å²) in [6.45, 7) is 0. The van der Waals surface area contributed by atoms with Gasteiger partial charge in [-0.15, -0.1) is 0 Å². The van der Waals surface area contributed by atoms with Crippen molar-refractivity contribution in [2.45, 2.75) is 12.3 Å². The van der Waals surface area contributed by atoms with Crippen LogP contribution in [0, 0.1) is 0 Å². The zero-order valence-corrected chi connectivity index (χ0v) is 7.91. The lowest BCUT2D eigenvalue weighted by Gasteiger charge is -2.12. The molecule has 1 nitrogen and oxygen atoms in total. The molecule has 0 aromatic carbocycles. The van der Waals surface area contributed by atoms with Gasteiger partial charge in [0.15, 0.2) is 0 Å². The van der Waals surface area contributed by atoms with Crippen LogP contribution < -0.4 is 0 Å². The van der Waals surface area contributed by atoms with Crippen LogP contribution in [0.5, 0.6) is 0 Å². The quantitative estimate of drug-likeness (QED) is 0.621. The molecule has 0 bridgehead atoms. The highest BCUT2D eigenvalue weighted by Crippen LogP contribution is 2.24. The molecule has 2 heteroatoms. The van der Waals surface area contributed by atoms with Crippen molar-refractivity contribution in [2.75, 3.05) is 0 Å². The molecule has 0 saturated carbocycles. The summed E-state index contributed by atoms with van der Waals surface area (Å²) in [6.07, 6.45) is 11.4. The van der Waals surface area contributed by atoms with E-state index in [4.69, 9.17) is 11.6 Å². The molecule has 13 heavy (non-hydrogen) atoms. The van der Waals surface area contributed by atoms with Crippen LogP contribution in [-0.4, -0.2) is 4.98 Å². The molecule has 66 valence electrons. The molecular formula is C11H10ClN. The van der Waals surface area contributed by atoms with Crippen LogP contribution in [0.1, 0.15) is 17.9 Å². The average Bonchev–Trinajstić information content (AvgIpc) is 2.20. The predicted octanol–water partition coefficient (Wildman–Crippen LogP) is 3.33. The van der Waals surface area contributed by atoms with Gasteiger partial charge in [0.25, 0.3) is 0 Å². The summed E-state index contributed by atoms with van der Waals surface area (Å²) < 4.78 is 0. The van der Waals surface area contributed by atoms with Crippen molar-refractivity contribution < 1.29 is 0 Å². The second kappa shape index (κ2) is 3.75. The maximum atomic E-state index is 5.71. The summed E-state index contributed by atoms with van der Waals surface area (Å²) in [6, 6.07) is 3.87. The van der Waals surface area contributed by atoms with Crippen molar-refractivity contribution in [2.24, 2.45) is 0 Å². The van der Waals surface area contributed by atoms with E-state index in [1.165, 1.54) is 5.56 Å². The van der Waals surface area contributed by atoms with Crippen molar-refractivity contribution in [3.05, 3.63) is 53.4 Å². The monoisotopic (exact) mass is 191 g/mol. The molecule has 0 fully saturated rings. The van der Waals surface area contributed by atoms with E-state index in [-0.39, 0.29) is 0 Å². The van der Waals surface area contributed by atoms with Gasteiger partial charge in [-0.2, -0.15) is 0 Å². The maximum Gasteiger partial charge on any atom is 0.129 e. The van der Waals surface area contributed by atoms with E-state index in [9.17, 15) is 0 Å². The van der Waals surface area contributed by atoms with Gasteiger partial charge < -0.3 is 0 Å². The van der Waals surface area contributed by atoms with Gasteiger partial charge in [-0.3, -0.25) is 0 Å². The Bertz CT molecular complexity index is 338. The van der Waals surface area contributed by atoms with Crippen molar-refractivity contribution in [3.63, 3.8) is 0 Å². The van der Waals surface area contributed by atoms with Crippen LogP contribution in [0.15, 0.2) is 42.6 Å². The number of pyridine rings is 1. The van der Waals surface area contributed by atoms with E-state index >= 15 is 0 Å². The number of aromatic nitrogens is 1. The summed E-state index contributed by atoms with van der Waals surface area (Å²) >= 11 is 5.71. The first-order chi connectivity index (χ1) is 6.36. The van der Waals surface area contributed by atoms with Crippen molar-refractivity contribution >= 4 is 11.6 Å². The molecule has 1 aliphatic rings. The molecule has 1 heterocycles. The van der Waals surface area contributed by atoms with Crippen molar-refractivity contribution in [1.82, 2.24) is 4.98 Å². The first-order valence-corrected chi connectivity index (χ1v) is 4.69. The van der Waals surface area contributed by atoms with Crippen LogP contribution >= 0.6 is 11.6 Å². The second-order valence-electron chi connectivity index (χ2n) is 3.07. The van der Waals surface area contributed by atoms with Gasteiger partial charge in [0.05, 0.1) is 0 Å². The number of hydrogen-bond donors (Lipinski definition) is 0. The maximum absolute atomic E-state index is 5.71. The Morgan fingerprint density at radius 2 is 2.23 bits per heavy atom. The molecule has 2 rings (SSSR count). The zero-order chi connectivity index (χ0) is 9.10. The van der Waals surface area contributed by atoms with Crippen LogP contribution in [0.4, 0.5) is 0 Å². The molecule has 0 saturated heterocycles. The highest BCUT2D eigenvalue weighted by atomic mass is 35.5. The average molecular weight is 192 g/mol. The summed E-state index contributed by atoms with van der Waals surface area (Å²) in [4.78, 5) is 4.06. The second-order valence-corrected chi connectivity index (χ2v) is 3.46. The smallest absolute Gasteiger partial charge is 0.129 e. The highest BCUT2D eigenvalue weighted by Gasteiger charge is 2.07. The van der Waals surface area contributed by atoms with E-state index in [1.54, 1.807) is 0 Å². The predicted molar refractivity (Wildman–Crippen MR) is 54.9 cm³/mol. The van der Waals surface area contributed by atoms with Crippen LogP contribution in [0.3, 0.4) is 0 Å². The minimum atomic E-state index is 0.467. The van der Waals surface area contributed by atoms with Gasteiger partial charge in [-0.05, 0) is 18.1 Å². The fraction of sp³-hybridized carbons (Fsp3) is 0.182. The lowest BCUT2D eigenvalue weighted by Crippen LogP contribution is -1.96. The molecule has 1 aliphatic carbocycles. The van der Waals surface area contributed by atoms with Crippen LogP contribution in [0.2, 0.25) is 5.15 Å². The third-order valence-electron chi connectivity index (χ3n) is 2.16. The minimum Gasteiger partial charge on any atom is -0.244 e. The lowest BCUT2D eigenvalue weighted by molar-refractivity contribution is 0.847. The Kier molecular flexibility index (Phi) is 2.46.